The monoisotopic (exact) mass is 294 g/mol. The first-order valence-corrected chi connectivity index (χ1v) is 7.89. The zero-order valence-electron chi connectivity index (χ0n) is 13.0. The predicted octanol–water partition coefficient (Wildman–Crippen LogP) is 4.44. The molecule has 0 N–H and O–H groups in total. The molecule has 2 aromatic carbocycles. The quantitative estimate of drug-likeness (QED) is 0.779. The zero-order valence-corrected chi connectivity index (χ0v) is 13.0. The minimum Gasteiger partial charge on any atom is -0.496 e. The Hall–Kier alpha value is -2.29. The summed E-state index contributed by atoms with van der Waals surface area (Å²) in [7, 11) is 1.72. The lowest BCUT2D eigenvalue weighted by molar-refractivity contribution is 0.414. The smallest absolute Gasteiger partial charge is 0.129 e. The van der Waals surface area contributed by atoms with E-state index in [9.17, 15) is 0 Å². The predicted molar refractivity (Wildman–Crippen MR) is 92.8 cm³/mol. The third-order valence-corrected chi connectivity index (χ3v) is 4.05. The lowest BCUT2D eigenvalue weighted by atomic mass is 10.1. The Balaban J connectivity index is 1.81. The number of piperidine rings is 1. The number of methoxy groups -OCH3 is 1. The fourth-order valence-corrected chi connectivity index (χ4v) is 2.81. The molecule has 114 valence electrons. The zero-order chi connectivity index (χ0) is 15.2. The molecule has 0 saturated carbocycles. The first kappa shape index (κ1) is 14.6. The number of nitrogens with zero attached hydrogens (tertiary/aromatic N) is 2. The van der Waals surface area contributed by atoms with Crippen LogP contribution in [0.4, 0.5) is 11.4 Å². The number of hydrogen-bond acceptors (Lipinski definition) is 3. The van der Waals surface area contributed by atoms with E-state index in [0.717, 1.165) is 30.1 Å². The van der Waals surface area contributed by atoms with Gasteiger partial charge in [-0.2, -0.15) is 0 Å². The standard InChI is InChI=1S/C19H22N2O/c1-22-19-14-18(21-12-6-3-7-13-21)11-10-16(19)15-20-17-8-4-2-5-9-17/h2,4-5,8-11,14-15H,3,6-7,12-13H2,1H3. The molecule has 1 aliphatic heterocycles. The summed E-state index contributed by atoms with van der Waals surface area (Å²) >= 11 is 0. The van der Waals surface area contributed by atoms with Gasteiger partial charge in [-0.05, 0) is 43.5 Å². The van der Waals surface area contributed by atoms with Gasteiger partial charge < -0.3 is 9.64 Å². The van der Waals surface area contributed by atoms with Crippen LogP contribution in [0.15, 0.2) is 53.5 Å². The van der Waals surface area contributed by atoms with Gasteiger partial charge in [0.15, 0.2) is 0 Å². The Labute approximate surface area is 132 Å². The molecule has 0 spiro atoms. The molecule has 0 amide bonds. The Bertz CT molecular complexity index is 631. The fourth-order valence-electron chi connectivity index (χ4n) is 2.81. The van der Waals surface area contributed by atoms with Crippen LogP contribution in [0.2, 0.25) is 0 Å². The fraction of sp³-hybridized carbons (Fsp3) is 0.316. The van der Waals surface area contributed by atoms with Gasteiger partial charge in [0, 0.05) is 36.6 Å². The number of anilines is 1. The van der Waals surface area contributed by atoms with Crippen LogP contribution in [0.5, 0.6) is 5.75 Å². The molecule has 2 aromatic rings. The van der Waals surface area contributed by atoms with Crippen LogP contribution in [0.3, 0.4) is 0 Å². The summed E-state index contributed by atoms with van der Waals surface area (Å²) in [6.07, 6.45) is 5.77. The van der Waals surface area contributed by atoms with Gasteiger partial charge in [-0.1, -0.05) is 18.2 Å². The summed E-state index contributed by atoms with van der Waals surface area (Å²) < 4.78 is 5.55. The van der Waals surface area contributed by atoms with Crippen LogP contribution in [0.25, 0.3) is 0 Å². The van der Waals surface area contributed by atoms with Crippen molar-refractivity contribution in [1.29, 1.82) is 0 Å². The molecule has 1 fully saturated rings. The Morgan fingerprint density at radius 2 is 1.77 bits per heavy atom. The van der Waals surface area contributed by atoms with Crippen LogP contribution in [-0.4, -0.2) is 26.4 Å². The van der Waals surface area contributed by atoms with Crippen molar-refractivity contribution in [3.8, 4) is 5.75 Å². The van der Waals surface area contributed by atoms with Crippen LogP contribution in [0.1, 0.15) is 24.8 Å². The highest BCUT2D eigenvalue weighted by Crippen LogP contribution is 2.27. The second-order valence-electron chi connectivity index (χ2n) is 5.57. The Morgan fingerprint density at radius 1 is 1.00 bits per heavy atom. The van der Waals surface area contributed by atoms with E-state index < -0.39 is 0 Å². The van der Waals surface area contributed by atoms with E-state index in [4.69, 9.17) is 4.74 Å². The third kappa shape index (κ3) is 3.48. The van der Waals surface area contributed by atoms with Crippen molar-refractivity contribution in [3.05, 3.63) is 54.1 Å². The first-order chi connectivity index (χ1) is 10.9. The summed E-state index contributed by atoms with van der Waals surface area (Å²) in [5, 5.41) is 0. The molecule has 22 heavy (non-hydrogen) atoms. The molecule has 1 saturated heterocycles. The summed E-state index contributed by atoms with van der Waals surface area (Å²) in [6, 6.07) is 16.3. The summed E-state index contributed by atoms with van der Waals surface area (Å²) in [4.78, 5) is 6.94. The summed E-state index contributed by atoms with van der Waals surface area (Å²) in [5.74, 6) is 0.878. The lowest BCUT2D eigenvalue weighted by Gasteiger charge is -2.29. The van der Waals surface area contributed by atoms with Crippen molar-refractivity contribution in [2.45, 2.75) is 19.3 Å². The number of para-hydroxylation sites is 1. The van der Waals surface area contributed by atoms with E-state index in [0.29, 0.717) is 0 Å². The van der Waals surface area contributed by atoms with Gasteiger partial charge in [-0.3, -0.25) is 4.99 Å². The second-order valence-corrected chi connectivity index (χ2v) is 5.57. The van der Waals surface area contributed by atoms with Gasteiger partial charge in [0.05, 0.1) is 12.8 Å². The number of hydrogen-bond donors (Lipinski definition) is 0. The van der Waals surface area contributed by atoms with Crippen molar-refractivity contribution in [2.75, 3.05) is 25.1 Å². The number of rotatable bonds is 4. The van der Waals surface area contributed by atoms with Crippen molar-refractivity contribution in [1.82, 2.24) is 0 Å². The van der Waals surface area contributed by atoms with Gasteiger partial charge in [-0.25, -0.2) is 0 Å². The molecular weight excluding hydrogens is 272 g/mol. The van der Waals surface area contributed by atoms with E-state index in [1.54, 1.807) is 7.11 Å². The molecule has 0 atom stereocenters. The minimum atomic E-state index is 0.878. The maximum atomic E-state index is 5.55. The van der Waals surface area contributed by atoms with E-state index in [-0.39, 0.29) is 0 Å². The van der Waals surface area contributed by atoms with Crippen molar-refractivity contribution in [2.24, 2.45) is 4.99 Å². The minimum absolute atomic E-state index is 0.878. The summed E-state index contributed by atoms with van der Waals surface area (Å²) in [5.41, 5.74) is 3.20. The topological polar surface area (TPSA) is 24.8 Å². The molecule has 0 bridgehead atoms. The average molecular weight is 294 g/mol. The molecule has 0 aliphatic carbocycles. The normalized spacial score (nSPS) is 15.2. The number of benzene rings is 2. The van der Waals surface area contributed by atoms with Crippen LogP contribution in [-0.2, 0) is 0 Å². The second kappa shape index (κ2) is 7.12. The average Bonchev–Trinajstić information content (AvgIpc) is 2.61. The van der Waals surface area contributed by atoms with Crippen molar-refractivity contribution in [3.63, 3.8) is 0 Å². The van der Waals surface area contributed by atoms with Crippen LogP contribution < -0.4 is 9.64 Å². The maximum Gasteiger partial charge on any atom is 0.129 e. The molecule has 3 rings (SSSR count). The highest BCUT2D eigenvalue weighted by atomic mass is 16.5. The lowest BCUT2D eigenvalue weighted by Crippen LogP contribution is -2.29. The largest absolute Gasteiger partial charge is 0.496 e. The van der Waals surface area contributed by atoms with Crippen molar-refractivity contribution >= 4 is 17.6 Å². The molecule has 1 aliphatic rings. The molecule has 0 radical (unpaired) electrons. The van der Waals surface area contributed by atoms with E-state index in [1.807, 2.05) is 36.5 Å². The van der Waals surface area contributed by atoms with Gasteiger partial charge in [-0.15, -0.1) is 0 Å². The van der Waals surface area contributed by atoms with Crippen LogP contribution >= 0.6 is 0 Å². The molecule has 0 unspecified atom stereocenters. The number of aliphatic imine (C=N–C) groups is 1. The SMILES string of the molecule is COc1cc(N2CCCCC2)ccc1C=Nc1ccccc1. The van der Waals surface area contributed by atoms with E-state index in [1.165, 1.54) is 24.9 Å². The van der Waals surface area contributed by atoms with E-state index >= 15 is 0 Å². The molecule has 3 nitrogen and oxygen atoms in total. The third-order valence-electron chi connectivity index (χ3n) is 4.05. The van der Waals surface area contributed by atoms with Gasteiger partial charge in [0.1, 0.15) is 5.75 Å². The van der Waals surface area contributed by atoms with Gasteiger partial charge >= 0.3 is 0 Å². The van der Waals surface area contributed by atoms with Crippen molar-refractivity contribution < 1.29 is 4.74 Å². The molecule has 1 heterocycles. The molecule has 3 heteroatoms. The molecular formula is C19H22N2O. The van der Waals surface area contributed by atoms with Crippen LogP contribution in [0, 0.1) is 0 Å². The highest BCUT2D eigenvalue weighted by molar-refractivity contribution is 5.86. The first-order valence-electron chi connectivity index (χ1n) is 7.89. The summed E-state index contributed by atoms with van der Waals surface area (Å²) in [6.45, 7) is 2.28. The van der Waals surface area contributed by atoms with Gasteiger partial charge in [0.25, 0.3) is 0 Å². The molecule has 0 aromatic heterocycles. The van der Waals surface area contributed by atoms with Gasteiger partial charge in [0.2, 0.25) is 0 Å². The highest BCUT2D eigenvalue weighted by Gasteiger charge is 2.12. The number of ether oxygens (including phenoxy) is 1. The Morgan fingerprint density at radius 3 is 2.50 bits per heavy atom. The maximum absolute atomic E-state index is 5.55. The Kier molecular flexibility index (Phi) is 4.74. The van der Waals surface area contributed by atoms with E-state index in [2.05, 4.69) is 28.1 Å².